The van der Waals surface area contributed by atoms with Gasteiger partial charge in [0.15, 0.2) is 0 Å². The minimum absolute atomic E-state index is 0.0719. The summed E-state index contributed by atoms with van der Waals surface area (Å²) in [4.78, 5) is 29.7. The number of nitrogens with zero attached hydrogens (tertiary/aromatic N) is 3. The summed E-state index contributed by atoms with van der Waals surface area (Å²) in [5.41, 5.74) is 1.05. The Morgan fingerprint density at radius 1 is 0.921 bits per heavy atom. The lowest BCUT2D eigenvalue weighted by Gasteiger charge is -2.42. The summed E-state index contributed by atoms with van der Waals surface area (Å²) >= 11 is 0. The molecule has 0 spiro atoms. The highest BCUT2D eigenvalue weighted by molar-refractivity contribution is 7.92. The maximum absolute atomic E-state index is 14.3. The van der Waals surface area contributed by atoms with Crippen molar-refractivity contribution >= 4 is 27.8 Å². The quantitative estimate of drug-likeness (QED) is 0.446. The second-order valence-electron chi connectivity index (χ2n) is 9.39. The number of hydrogen-bond acceptors (Lipinski definition) is 7. The number of amides is 1. The molecule has 2 aliphatic heterocycles. The number of benzene rings is 3. The molecule has 0 saturated carbocycles. The smallest absolute Gasteiger partial charge is 0.412 e. The third-order valence-electron chi connectivity index (χ3n) is 7.46. The van der Waals surface area contributed by atoms with Crippen LogP contribution < -0.4 is 4.31 Å². The van der Waals surface area contributed by atoms with Crippen molar-refractivity contribution < 1.29 is 27.5 Å². The zero-order valence-corrected chi connectivity index (χ0v) is 22.2. The lowest BCUT2D eigenvalue weighted by molar-refractivity contribution is -0.145. The molecule has 3 aromatic carbocycles. The number of sulfonamides is 1. The summed E-state index contributed by atoms with van der Waals surface area (Å²) in [5.74, 6) is -0.646. The Bertz CT molecular complexity index is 1450. The molecular weight excluding hydrogens is 506 g/mol. The van der Waals surface area contributed by atoms with Crippen LogP contribution in [0.4, 0.5) is 10.5 Å². The van der Waals surface area contributed by atoms with Gasteiger partial charge in [0.2, 0.25) is 0 Å². The maximum atomic E-state index is 14.3. The summed E-state index contributed by atoms with van der Waals surface area (Å²) in [6.07, 6.45) is -1.82. The number of methoxy groups -OCH3 is 2. The molecule has 0 radical (unpaired) electrons. The highest BCUT2D eigenvalue weighted by atomic mass is 32.2. The number of likely N-dealkylation sites (tertiary alicyclic amines) is 1. The van der Waals surface area contributed by atoms with Crippen LogP contribution in [0.5, 0.6) is 0 Å². The molecule has 1 saturated heterocycles. The van der Waals surface area contributed by atoms with Crippen LogP contribution >= 0.6 is 0 Å². The van der Waals surface area contributed by atoms with E-state index in [1.807, 2.05) is 54.4 Å². The van der Waals surface area contributed by atoms with Crippen LogP contribution in [-0.2, 0) is 36.4 Å². The molecular formula is C28H29N3O6S. The van der Waals surface area contributed by atoms with Crippen molar-refractivity contribution in [2.24, 2.45) is 0 Å². The Morgan fingerprint density at radius 2 is 1.53 bits per heavy atom. The molecule has 0 N–H and O–H groups in total. The summed E-state index contributed by atoms with van der Waals surface area (Å²) in [7, 11) is 0.163. The third-order valence-corrected chi connectivity index (χ3v) is 9.25. The number of carbonyl (C=O) groups is 2. The molecule has 0 bridgehead atoms. The summed E-state index contributed by atoms with van der Waals surface area (Å²) < 4.78 is 40.0. The molecule has 0 aromatic heterocycles. The van der Waals surface area contributed by atoms with Crippen LogP contribution in [0.1, 0.15) is 17.5 Å². The Morgan fingerprint density at radius 3 is 2.16 bits per heavy atom. The van der Waals surface area contributed by atoms with Crippen molar-refractivity contribution in [3.05, 3.63) is 96.1 Å². The lowest BCUT2D eigenvalue weighted by Crippen LogP contribution is -2.59. The Kier molecular flexibility index (Phi) is 6.62. The van der Waals surface area contributed by atoms with Gasteiger partial charge in [0.1, 0.15) is 12.2 Å². The number of likely N-dealkylation sites (N-methyl/N-ethyl adjacent to an activating group) is 1. The SMILES string of the molecule is COC(=O)[C@@H]1C[C@]2(N(C)Cc3ccccc3)c3ccccc3N(S(=O)(=O)c3ccccc3)[C@@H]2N1C(=O)OC. The standard InChI is InChI=1S/C28H29N3O6S/c1-29(19-20-12-6-4-7-13-20)28-18-24(25(32)36-2)30(27(33)37-3)26(28)31(23-17-11-10-16-22(23)28)38(34,35)21-14-8-5-9-15-21/h4-17,24,26H,18-19H2,1-3H3/t24-,26-,28-/m0/s1. The zero-order valence-electron chi connectivity index (χ0n) is 21.4. The van der Waals surface area contributed by atoms with Gasteiger partial charge in [-0.25, -0.2) is 22.3 Å². The molecule has 9 nitrogen and oxygen atoms in total. The fraction of sp³-hybridized carbons (Fsp3) is 0.286. The highest BCUT2D eigenvalue weighted by Gasteiger charge is 2.68. The van der Waals surface area contributed by atoms with Gasteiger partial charge in [0.05, 0.1) is 30.3 Å². The molecule has 10 heteroatoms. The van der Waals surface area contributed by atoms with E-state index in [9.17, 15) is 18.0 Å². The van der Waals surface area contributed by atoms with Crippen LogP contribution in [0.2, 0.25) is 0 Å². The van der Waals surface area contributed by atoms with Crippen LogP contribution in [-0.4, -0.2) is 63.8 Å². The number of ether oxygens (including phenoxy) is 2. The van der Waals surface area contributed by atoms with E-state index >= 15 is 0 Å². The molecule has 38 heavy (non-hydrogen) atoms. The molecule has 2 heterocycles. The van der Waals surface area contributed by atoms with Crippen LogP contribution in [0, 0.1) is 0 Å². The predicted molar refractivity (Wildman–Crippen MR) is 141 cm³/mol. The van der Waals surface area contributed by atoms with E-state index in [2.05, 4.69) is 0 Å². The van der Waals surface area contributed by atoms with Gasteiger partial charge in [-0.05, 0) is 30.8 Å². The van der Waals surface area contributed by atoms with Gasteiger partial charge in [-0.1, -0.05) is 66.7 Å². The number of rotatable bonds is 6. The monoisotopic (exact) mass is 535 g/mol. The minimum atomic E-state index is -4.18. The van der Waals surface area contributed by atoms with E-state index in [0.717, 1.165) is 5.56 Å². The van der Waals surface area contributed by atoms with Crippen molar-refractivity contribution in [2.45, 2.75) is 35.6 Å². The number of carbonyl (C=O) groups excluding carboxylic acids is 2. The average Bonchev–Trinajstić information content (AvgIpc) is 3.44. The Labute approximate surface area is 222 Å². The third kappa shape index (κ3) is 3.83. The van der Waals surface area contributed by atoms with Crippen molar-refractivity contribution in [1.82, 2.24) is 9.80 Å². The first-order valence-electron chi connectivity index (χ1n) is 12.2. The van der Waals surface area contributed by atoms with Gasteiger partial charge in [-0.2, -0.15) is 0 Å². The molecule has 198 valence electrons. The zero-order chi connectivity index (χ0) is 27.1. The largest absolute Gasteiger partial charge is 0.467 e. The van der Waals surface area contributed by atoms with Crippen molar-refractivity contribution in [3.8, 4) is 0 Å². The summed E-state index contributed by atoms with van der Waals surface area (Å²) in [6.45, 7) is 0.438. The summed E-state index contributed by atoms with van der Waals surface area (Å²) in [6, 6.07) is 23.9. The first-order chi connectivity index (χ1) is 18.3. The molecule has 0 aliphatic carbocycles. The molecule has 3 atom stereocenters. The fourth-order valence-corrected chi connectivity index (χ4v) is 7.49. The number of fused-ring (bicyclic) bond motifs is 3. The number of hydrogen-bond donors (Lipinski definition) is 0. The van der Waals surface area contributed by atoms with Gasteiger partial charge in [-0.3, -0.25) is 9.80 Å². The Hall–Kier alpha value is -3.89. The van der Waals surface area contributed by atoms with Crippen molar-refractivity contribution in [3.63, 3.8) is 0 Å². The van der Waals surface area contributed by atoms with Crippen LogP contribution in [0.25, 0.3) is 0 Å². The van der Waals surface area contributed by atoms with E-state index in [0.29, 0.717) is 17.8 Å². The first kappa shape index (κ1) is 25.7. The highest BCUT2D eigenvalue weighted by Crippen LogP contribution is 2.57. The van der Waals surface area contributed by atoms with Gasteiger partial charge in [0, 0.05) is 18.5 Å². The van der Waals surface area contributed by atoms with Crippen LogP contribution in [0.3, 0.4) is 0 Å². The number of para-hydroxylation sites is 1. The van der Waals surface area contributed by atoms with Crippen LogP contribution in [0.15, 0.2) is 89.8 Å². The molecule has 1 fully saturated rings. The average molecular weight is 536 g/mol. The lowest BCUT2D eigenvalue weighted by atomic mass is 9.85. The van der Waals surface area contributed by atoms with Gasteiger partial charge in [0.25, 0.3) is 10.0 Å². The van der Waals surface area contributed by atoms with Gasteiger partial charge >= 0.3 is 12.1 Å². The fourth-order valence-electron chi connectivity index (χ4n) is 5.81. The maximum Gasteiger partial charge on any atom is 0.412 e. The van der Waals surface area contributed by atoms with E-state index in [-0.39, 0.29) is 11.3 Å². The first-order valence-corrected chi connectivity index (χ1v) is 13.6. The van der Waals surface area contributed by atoms with Crippen molar-refractivity contribution in [1.29, 1.82) is 0 Å². The van der Waals surface area contributed by atoms with E-state index in [1.165, 1.54) is 35.6 Å². The molecule has 5 rings (SSSR count). The number of anilines is 1. The molecule has 1 amide bonds. The normalized spacial score (nSPS) is 22.2. The predicted octanol–water partition coefficient (Wildman–Crippen LogP) is 3.56. The van der Waals surface area contributed by atoms with E-state index < -0.39 is 39.8 Å². The Balaban J connectivity index is 1.77. The number of esters is 1. The topological polar surface area (TPSA) is 96.5 Å². The molecule has 0 unspecified atom stereocenters. The molecule has 3 aromatic rings. The van der Waals surface area contributed by atoms with E-state index in [1.54, 1.807) is 30.3 Å². The second kappa shape index (κ2) is 9.77. The van der Waals surface area contributed by atoms with Gasteiger partial charge in [-0.15, -0.1) is 0 Å². The van der Waals surface area contributed by atoms with Crippen molar-refractivity contribution in [2.75, 3.05) is 25.6 Å². The molecule has 2 aliphatic rings. The summed E-state index contributed by atoms with van der Waals surface area (Å²) in [5, 5.41) is 0. The minimum Gasteiger partial charge on any atom is -0.467 e. The van der Waals surface area contributed by atoms with E-state index in [4.69, 9.17) is 9.47 Å². The van der Waals surface area contributed by atoms with Gasteiger partial charge < -0.3 is 9.47 Å². The second-order valence-corrected chi connectivity index (χ2v) is 11.2.